The number of benzene rings is 1. The van der Waals surface area contributed by atoms with Gasteiger partial charge in [-0.25, -0.2) is 0 Å². The number of rotatable bonds is 5. The van der Waals surface area contributed by atoms with Crippen molar-refractivity contribution in [3.05, 3.63) is 29.3 Å². The van der Waals surface area contributed by atoms with Gasteiger partial charge in [0.15, 0.2) is 5.11 Å². The number of hydrogen-bond donors (Lipinski definition) is 2. The monoisotopic (exact) mass is 304 g/mol. The van der Waals surface area contributed by atoms with E-state index < -0.39 is 7.14 Å². The lowest BCUT2D eigenvalue weighted by atomic mass is 10.3. The minimum absolute atomic E-state index is 0.569. The Kier molecular flexibility index (Phi) is 6.13. The molecular formula is C12H18ClN2OPS. The molecule has 0 saturated carbocycles. The second-order valence-electron chi connectivity index (χ2n) is 4.54. The van der Waals surface area contributed by atoms with Crippen LogP contribution in [-0.2, 0) is 4.57 Å². The third-order valence-electron chi connectivity index (χ3n) is 2.26. The van der Waals surface area contributed by atoms with E-state index in [1.165, 1.54) is 0 Å². The van der Waals surface area contributed by atoms with Crippen LogP contribution in [-0.4, -0.2) is 31.1 Å². The lowest BCUT2D eigenvalue weighted by Gasteiger charge is -2.11. The molecule has 1 aromatic rings. The van der Waals surface area contributed by atoms with Gasteiger partial charge >= 0.3 is 0 Å². The average Bonchev–Trinajstić information content (AvgIpc) is 2.26. The molecule has 0 saturated heterocycles. The van der Waals surface area contributed by atoms with E-state index in [-0.39, 0.29) is 0 Å². The molecule has 0 unspecified atom stereocenters. The van der Waals surface area contributed by atoms with E-state index >= 15 is 0 Å². The maximum atomic E-state index is 11.5. The molecular weight excluding hydrogens is 287 g/mol. The Labute approximate surface area is 119 Å². The van der Waals surface area contributed by atoms with E-state index in [9.17, 15) is 4.57 Å². The fourth-order valence-corrected chi connectivity index (χ4v) is 2.64. The van der Waals surface area contributed by atoms with Crippen LogP contribution in [0.15, 0.2) is 24.3 Å². The van der Waals surface area contributed by atoms with E-state index in [2.05, 4.69) is 10.6 Å². The summed E-state index contributed by atoms with van der Waals surface area (Å²) in [5.74, 6) is 0. The van der Waals surface area contributed by atoms with Gasteiger partial charge < -0.3 is 15.2 Å². The smallest absolute Gasteiger partial charge is 0.170 e. The predicted octanol–water partition coefficient (Wildman–Crippen LogP) is 3.64. The standard InChI is InChI=1S/C12H18ClN2OPS/c1-17(2,16)9-3-8-14-12(18)15-11-6-4-10(13)5-7-11/h4-7H,3,8-9H2,1-2H3,(H2,14,15,18). The maximum absolute atomic E-state index is 11.5. The number of nitrogens with one attached hydrogen (secondary N) is 2. The zero-order valence-corrected chi connectivity index (χ0v) is 13.0. The summed E-state index contributed by atoms with van der Waals surface area (Å²) in [6, 6.07) is 7.33. The summed E-state index contributed by atoms with van der Waals surface area (Å²) >= 11 is 10.9. The molecule has 0 spiro atoms. The van der Waals surface area contributed by atoms with E-state index in [0.29, 0.717) is 10.1 Å². The van der Waals surface area contributed by atoms with Gasteiger partial charge in [0.1, 0.15) is 0 Å². The lowest BCUT2D eigenvalue weighted by Crippen LogP contribution is -2.29. The van der Waals surface area contributed by atoms with Crippen molar-refractivity contribution >= 4 is 41.8 Å². The van der Waals surface area contributed by atoms with Crippen molar-refractivity contribution < 1.29 is 4.57 Å². The first-order valence-electron chi connectivity index (χ1n) is 5.71. The molecule has 100 valence electrons. The second-order valence-corrected chi connectivity index (χ2v) is 8.98. The number of halogens is 1. The van der Waals surface area contributed by atoms with Crippen LogP contribution in [0.1, 0.15) is 6.42 Å². The van der Waals surface area contributed by atoms with Crippen molar-refractivity contribution in [2.24, 2.45) is 0 Å². The van der Waals surface area contributed by atoms with Gasteiger partial charge in [0.2, 0.25) is 0 Å². The molecule has 1 rings (SSSR count). The first-order chi connectivity index (χ1) is 8.37. The molecule has 0 aliphatic heterocycles. The first-order valence-corrected chi connectivity index (χ1v) is 9.28. The summed E-state index contributed by atoms with van der Waals surface area (Å²) in [6.45, 7) is 4.33. The number of anilines is 1. The normalized spacial score (nSPS) is 11.1. The molecule has 0 radical (unpaired) electrons. The zero-order chi connectivity index (χ0) is 13.6. The van der Waals surface area contributed by atoms with Gasteiger partial charge in [0, 0.05) is 23.4 Å². The van der Waals surface area contributed by atoms with E-state index in [0.717, 1.165) is 24.8 Å². The fraction of sp³-hybridized carbons (Fsp3) is 0.417. The molecule has 0 fully saturated rings. The van der Waals surface area contributed by atoms with Crippen LogP contribution in [0.3, 0.4) is 0 Å². The molecule has 0 aromatic heterocycles. The van der Waals surface area contributed by atoms with Crippen LogP contribution in [0.25, 0.3) is 0 Å². The van der Waals surface area contributed by atoms with Gasteiger partial charge in [-0.15, -0.1) is 0 Å². The van der Waals surface area contributed by atoms with E-state index in [1.54, 1.807) is 25.5 Å². The summed E-state index contributed by atoms with van der Waals surface area (Å²) in [4.78, 5) is 0. The molecule has 0 bridgehead atoms. The van der Waals surface area contributed by atoms with Gasteiger partial charge in [0.25, 0.3) is 0 Å². The number of hydrogen-bond acceptors (Lipinski definition) is 2. The summed E-state index contributed by atoms with van der Waals surface area (Å²) in [5, 5.41) is 7.41. The molecule has 0 amide bonds. The van der Waals surface area contributed by atoms with Gasteiger partial charge in [-0.1, -0.05) is 11.6 Å². The molecule has 18 heavy (non-hydrogen) atoms. The van der Waals surface area contributed by atoms with Crippen molar-refractivity contribution in [1.82, 2.24) is 5.32 Å². The molecule has 6 heteroatoms. The van der Waals surface area contributed by atoms with Crippen LogP contribution >= 0.6 is 31.0 Å². The van der Waals surface area contributed by atoms with Gasteiger partial charge in [-0.2, -0.15) is 0 Å². The van der Waals surface area contributed by atoms with Crippen LogP contribution < -0.4 is 10.6 Å². The minimum atomic E-state index is -1.92. The first kappa shape index (κ1) is 15.5. The third-order valence-corrected chi connectivity index (χ3v) is 4.15. The quantitative estimate of drug-likeness (QED) is 0.495. The molecule has 1 aromatic carbocycles. The van der Waals surface area contributed by atoms with Crippen molar-refractivity contribution in [2.75, 3.05) is 31.4 Å². The Morgan fingerprint density at radius 2 is 1.94 bits per heavy atom. The Morgan fingerprint density at radius 3 is 2.50 bits per heavy atom. The van der Waals surface area contributed by atoms with Crippen molar-refractivity contribution in [2.45, 2.75) is 6.42 Å². The van der Waals surface area contributed by atoms with Crippen LogP contribution in [0, 0.1) is 0 Å². The zero-order valence-electron chi connectivity index (χ0n) is 10.6. The van der Waals surface area contributed by atoms with Crippen LogP contribution in [0.4, 0.5) is 5.69 Å². The Morgan fingerprint density at radius 1 is 1.33 bits per heavy atom. The van der Waals surface area contributed by atoms with Crippen molar-refractivity contribution in [1.29, 1.82) is 0 Å². The fourth-order valence-electron chi connectivity index (χ4n) is 1.37. The van der Waals surface area contributed by atoms with E-state index in [4.69, 9.17) is 23.8 Å². The molecule has 0 aliphatic rings. The van der Waals surface area contributed by atoms with Crippen LogP contribution in [0.5, 0.6) is 0 Å². The Bertz CT molecular complexity index is 444. The average molecular weight is 305 g/mol. The molecule has 3 nitrogen and oxygen atoms in total. The predicted molar refractivity (Wildman–Crippen MR) is 84.6 cm³/mol. The third kappa shape index (κ3) is 7.00. The van der Waals surface area contributed by atoms with Gasteiger partial charge in [0.05, 0.1) is 7.14 Å². The summed E-state index contributed by atoms with van der Waals surface area (Å²) in [6.07, 6.45) is 1.59. The largest absolute Gasteiger partial charge is 0.362 e. The molecule has 0 heterocycles. The minimum Gasteiger partial charge on any atom is -0.362 e. The summed E-state index contributed by atoms with van der Waals surface area (Å²) < 4.78 is 11.5. The molecule has 0 aliphatic carbocycles. The Balaban J connectivity index is 2.26. The highest BCUT2D eigenvalue weighted by molar-refractivity contribution is 7.80. The highest BCUT2D eigenvalue weighted by Gasteiger charge is 2.05. The van der Waals surface area contributed by atoms with E-state index in [1.807, 2.05) is 12.1 Å². The summed E-state index contributed by atoms with van der Waals surface area (Å²) in [5.41, 5.74) is 0.897. The Hall–Kier alpha value is -0.570. The molecule has 0 atom stereocenters. The highest BCUT2D eigenvalue weighted by atomic mass is 35.5. The number of thiocarbonyl (C=S) groups is 1. The highest BCUT2D eigenvalue weighted by Crippen LogP contribution is 2.35. The van der Waals surface area contributed by atoms with Gasteiger partial charge in [-0.05, 0) is 56.2 Å². The van der Waals surface area contributed by atoms with Crippen molar-refractivity contribution in [3.8, 4) is 0 Å². The summed E-state index contributed by atoms with van der Waals surface area (Å²) in [7, 11) is -1.92. The molecule has 2 N–H and O–H groups in total. The topological polar surface area (TPSA) is 41.1 Å². The SMILES string of the molecule is CP(C)(=O)CCCNC(=S)Nc1ccc(Cl)cc1. The van der Waals surface area contributed by atoms with Crippen LogP contribution in [0.2, 0.25) is 5.02 Å². The van der Waals surface area contributed by atoms with Gasteiger partial charge in [-0.3, -0.25) is 0 Å². The second kappa shape index (κ2) is 7.13. The maximum Gasteiger partial charge on any atom is 0.170 e. The lowest BCUT2D eigenvalue weighted by molar-refractivity contribution is 0.580. The van der Waals surface area contributed by atoms with Crippen molar-refractivity contribution in [3.63, 3.8) is 0 Å².